The van der Waals surface area contributed by atoms with Crippen molar-refractivity contribution < 1.29 is 42.7 Å². The number of hydrogen-bond donors (Lipinski definition) is 0. The van der Waals surface area contributed by atoms with E-state index in [2.05, 4.69) is 40.2 Å². The highest BCUT2D eigenvalue weighted by Gasteiger charge is 2.49. The van der Waals surface area contributed by atoms with Crippen molar-refractivity contribution in [2.75, 3.05) is 31.4 Å². The van der Waals surface area contributed by atoms with Gasteiger partial charge in [-0.25, -0.2) is 4.98 Å². The Balaban J connectivity index is 0.936. The number of carbonyl (C=O) groups excluding carboxylic acids is 2. The van der Waals surface area contributed by atoms with E-state index >= 15 is 0 Å². The summed E-state index contributed by atoms with van der Waals surface area (Å²) in [6.45, 7) is 10.8. The van der Waals surface area contributed by atoms with Crippen LogP contribution in [0.4, 0.5) is 5.13 Å². The number of unbranched alkanes of at least 4 members (excludes halogenated alkanes) is 3. The van der Waals surface area contributed by atoms with Crippen LogP contribution in [-0.4, -0.2) is 61.4 Å². The fourth-order valence-corrected chi connectivity index (χ4v) is 9.32. The zero-order chi connectivity index (χ0) is 50.3. The van der Waals surface area contributed by atoms with E-state index in [1.165, 1.54) is 16.3 Å². The third-order valence-electron chi connectivity index (χ3n) is 12.0. The molecule has 8 rings (SSSR count). The van der Waals surface area contributed by atoms with E-state index < -0.39 is 0 Å². The molecule has 72 heavy (non-hydrogen) atoms. The molecule has 1 aliphatic rings. The Bertz CT molecular complexity index is 2910. The summed E-state index contributed by atoms with van der Waals surface area (Å²) in [6, 6.07) is 40.1. The zero-order valence-corrected chi connectivity index (χ0v) is 43.8. The Kier molecular flexibility index (Phi) is 18.3. The van der Waals surface area contributed by atoms with Gasteiger partial charge in [0.25, 0.3) is 0 Å². The number of ether oxygens (including phenoxy) is 7. The SMILES string of the molecule is CCCC(=O)N(/N=C/c1cc(-c2ccc3c(Br)c(OCc4ccc(OCCCOC5OC5(C)C)cc4)ccc3c2)ccc1OCc1ccc(OCCCCCCOC(=O)CC)cc1)c1nc2ccccc2s1. The van der Waals surface area contributed by atoms with E-state index in [0.29, 0.717) is 75.3 Å². The Morgan fingerprint density at radius 2 is 1.38 bits per heavy atom. The fourth-order valence-electron chi connectivity index (χ4n) is 7.77. The van der Waals surface area contributed by atoms with Gasteiger partial charge in [0.2, 0.25) is 11.0 Å². The van der Waals surface area contributed by atoms with Crippen LogP contribution in [0.1, 0.15) is 95.8 Å². The van der Waals surface area contributed by atoms with Crippen molar-refractivity contribution in [2.45, 2.75) is 104 Å². The number of nitrogens with zero attached hydrogens (tertiary/aromatic N) is 3. The Morgan fingerprint density at radius 1 is 0.736 bits per heavy atom. The summed E-state index contributed by atoms with van der Waals surface area (Å²) in [5.74, 6) is 2.66. The number of anilines is 1. The molecule has 7 aromatic rings. The van der Waals surface area contributed by atoms with Gasteiger partial charge in [0.15, 0.2) is 6.29 Å². The fraction of sp³-hybridized carbons (Fsp3) is 0.345. The molecule has 0 saturated carbocycles. The number of carbonyl (C=O) groups is 2. The van der Waals surface area contributed by atoms with E-state index in [0.717, 1.165) is 97.1 Å². The van der Waals surface area contributed by atoms with Crippen LogP contribution < -0.4 is 24.0 Å². The van der Waals surface area contributed by atoms with Crippen LogP contribution in [0.15, 0.2) is 131 Å². The maximum absolute atomic E-state index is 13.6. The standard InChI is InChI=1S/C58H62BrN3O9S/c1-5-14-53(63)62(57-61-49-15-9-10-16-52(49)72-57)60-37-45-36-43(22-29-50(45)69-38-40-17-24-46(25-18-40)65-31-11-7-8-12-32-67-54(64)6-2)42-21-28-48-44(35-42)23-30-51(55(48)59)70-39-41-19-26-47(27-20-41)66-33-13-34-68-56-58(3,4)71-56/h9-10,15-30,35-37,56H,5-8,11-14,31-34,38-39H2,1-4H3/b60-37+. The highest BCUT2D eigenvalue weighted by Crippen LogP contribution is 2.38. The Morgan fingerprint density at radius 3 is 2.06 bits per heavy atom. The second-order valence-corrected chi connectivity index (χ2v) is 19.9. The minimum Gasteiger partial charge on any atom is -0.494 e. The average molecular weight is 1060 g/mol. The van der Waals surface area contributed by atoms with Crippen molar-refractivity contribution in [3.63, 3.8) is 0 Å². The van der Waals surface area contributed by atoms with E-state index in [9.17, 15) is 9.59 Å². The van der Waals surface area contributed by atoms with Gasteiger partial charge in [-0.05, 0) is 156 Å². The number of thiazole rings is 1. The first-order valence-corrected chi connectivity index (χ1v) is 26.4. The molecule has 6 aromatic carbocycles. The molecule has 1 fully saturated rings. The molecule has 1 aromatic heterocycles. The molecule has 1 amide bonds. The molecule has 1 atom stereocenters. The van der Waals surface area contributed by atoms with Crippen molar-refractivity contribution in [1.29, 1.82) is 0 Å². The molecule has 1 aliphatic heterocycles. The number of benzene rings is 6. The third-order valence-corrected chi connectivity index (χ3v) is 13.8. The number of hydrogen-bond acceptors (Lipinski definition) is 12. The highest BCUT2D eigenvalue weighted by molar-refractivity contribution is 9.10. The summed E-state index contributed by atoms with van der Waals surface area (Å²) >= 11 is 5.26. The minimum atomic E-state index is -0.174. The van der Waals surface area contributed by atoms with Crippen LogP contribution in [0.3, 0.4) is 0 Å². The molecular weight excluding hydrogens is 995 g/mol. The number of para-hydroxylation sites is 1. The van der Waals surface area contributed by atoms with Gasteiger partial charge in [0, 0.05) is 24.8 Å². The van der Waals surface area contributed by atoms with Gasteiger partial charge in [-0.2, -0.15) is 10.1 Å². The lowest BCUT2D eigenvalue weighted by Gasteiger charge is -2.15. The number of rotatable bonds is 27. The monoisotopic (exact) mass is 1060 g/mol. The van der Waals surface area contributed by atoms with Gasteiger partial charge < -0.3 is 33.2 Å². The third kappa shape index (κ3) is 14.4. The summed E-state index contributed by atoms with van der Waals surface area (Å²) < 4.78 is 42.9. The molecule has 2 heterocycles. The maximum atomic E-state index is 13.6. The average Bonchev–Trinajstić information content (AvgIpc) is 3.78. The van der Waals surface area contributed by atoms with Gasteiger partial charge in [-0.15, -0.1) is 0 Å². The minimum absolute atomic E-state index is 0.114. The lowest BCUT2D eigenvalue weighted by molar-refractivity contribution is -0.143. The van der Waals surface area contributed by atoms with Gasteiger partial charge in [0.05, 0.1) is 47.3 Å². The predicted molar refractivity (Wildman–Crippen MR) is 288 cm³/mol. The smallest absolute Gasteiger partial charge is 0.305 e. The van der Waals surface area contributed by atoms with Gasteiger partial charge in [0.1, 0.15) is 41.8 Å². The van der Waals surface area contributed by atoms with Crippen LogP contribution in [0.2, 0.25) is 0 Å². The van der Waals surface area contributed by atoms with E-state index in [-0.39, 0.29) is 23.8 Å². The lowest BCUT2D eigenvalue weighted by atomic mass is 9.99. The number of amides is 1. The van der Waals surface area contributed by atoms with Gasteiger partial charge in [-0.3, -0.25) is 9.59 Å². The van der Waals surface area contributed by atoms with Crippen LogP contribution >= 0.6 is 27.3 Å². The number of fused-ring (bicyclic) bond motifs is 2. The summed E-state index contributed by atoms with van der Waals surface area (Å²) in [6.07, 6.45) is 7.53. The zero-order valence-electron chi connectivity index (χ0n) is 41.4. The number of aromatic nitrogens is 1. The van der Waals surface area contributed by atoms with Crippen molar-refractivity contribution in [3.05, 3.63) is 142 Å². The highest BCUT2D eigenvalue weighted by atomic mass is 79.9. The van der Waals surface area contributed by atoms with E-state index in [4.69, 9.17) is 43.2 Å². The quantitative estimate of drug-likeness (QED) is 0.0161. The maximum Gasteiger partial charge on any atom is 0.305 e. The first-order chi connectivity index (χ1) is 35.1. The molecule has 0 radical (unpaired) electrons. The topological polar surface area (TPSA) is 131 Å². The van der Waals surface area contributed by atoms with Gasteiger partial charge >= 0.3 is 5.97 Å². The summed E-state index contributed by atoms with van der Waals surface area (Å²) in [5, 5.41) is 8.78. The second-order valence-electron chi connectivity index (χ2n) is 18.1. The molecule has 0 aliphatic carbocycles. The molecule has 14 heteroatoms. The predicted octanol–water partition coefficient (Wildman–Crippen LogP) is 14.0. The number of hydrazone groups is 1. The first-order valence-electron chi connectivity index (χ1n) is 24.8. The van der Waals surface area contributed by atoms with Crippen molar-refractivity contribution in [1.82, 2.24) is 4.98 Å². The van der Waals surface area contributed by atoms with Crippen LogP contribution in [0.5, 0.6) is 23.0 Å². The molecular formula is C58H62BrN3O9S. The second kappa shape index (κ2) is 25.4. The molecule has 1 saturated heterocycles. The molecule has 1 unspecified atom stereocenters. The number of halogens is 1. The molecule has 0 N–H and O–H groups in total. The lowest BCUT2D eigenvalue weighted by Crippen LogP contribution is -2.25. The first kappa shape index (κ1) is 52.0. The summed E-state index contributed by atoms with van der Waals surface area (Å²) in [5.41, 5.74) is 5.29. The molecule has 0 bridgehead atoms. The largest absolute Gasteiger partial charge is 0.494 e. The normalized spacial score (nSPS) is 13.9. The van der Waals surface area contributed by atoms with Crippen molar-refractivity contribution in [2.24, 2.45) is 5.10 Å². The molecule has 0 spiro atoms. The number of esters is 1. The van der Waals surface area contributed by atoms with E-state index in [1.807, 2.05) is 118 Å². The van der Waals surface area contributed by atoms with Crippen LogP contribution in [0.25, 0.3) is 32.1 Å². The summed E-state index contributed by atoms with van der Waals surface area (Å²) in [7, 11) is 0. The van der Waals surface area contributed by atoms with Crippen LogP contribution in [-0.2, 0) is 37.0 Å². The van der Waals surface area contributed by atoms with Crippen molar-refractivity contribution >= 4 is 71.5 Å². The van der Waals surface area contributed by atoms with Gasteiger partial charge in [-0.1, -0.05) is 85.8 Å². The summed E-state index contributed by atoms with van der Waals surface area (Å²) in [4.78, 5) is 29.7. The van der Waals surface area contributed by atoms with E-state index in [1.54, 1.807) is 13.1 Å². The number of epoxide rings is 1. The Labute approximate surface area is 434 Å². The van der Waals surface area contributed by atoms with Crippen LogP contribution in [0, 0.1) is 0 Å². The molecule has 12 nitrogen and oxygen atoms in total. The molecule has 376 valence electrons. The Hall–Kier alpha value is -6.32. The van der Waals surface area contributed by atoms with Crippen molar-refractivity contribution in [3.8, 4) is 34.1 Å².